The van der Waals surface area contributed by atoms with Crippen molar-refractivity contribution in [3.63, 3.8) is 0 Å². The molecule has 0 N–H and O–H groups in total. The summed E-state index contributed by atoms with van der Waals surface area (Å²) in [5.41, 5.74) is -0.508. The third kappa shape index (κ3) is 3.58. The van der Waals surface area contributed by atoms with Crippen molar-refractivity contribution in [2.45, 2.75) is 109 Å². The molecule has 0 aromatic carbocycles. The Morgan fingerprint density at radius 2 is 1.66 bits per heavy atom. The molecule has 0 amide bonds. The Bertz CT molecular complexity index is 580. The van der Waals surface area contributed by atoms with Crippen LogP contribution in [0.5, 0.6) is 0 Å². The predicted octanol–water partition coefficient (Wildman–Crippen LogP) is 4.56. The predicted molar refractivity (Wildman–Crippen MR) is 106 cm³/mol. The van der Waals surface area contributed by atoms with Crippen molar-refractivity contribution in [1.82, 2.24) is 0 Å². The van der Waals surface area contributed by atoms with E-state index >= 15 is 0 Å². The van der Waals surface area contributed by atoms with Crippen LogP contribution in [0.2, 0.25) is 0 Å². The summed E-state index contributed by atoms with van der Waals surface area (Å²) < 4.78 is 25.1. The second-order valence-corrected chi connectivity index (χ2v) is 10.3. The van der Waals surface area contributed by atoms with E-state index in [0.29, 0.717) is 37.1 Å². The van der Waals surface area contributed by atoms with Crippen LogP contribution >= 0.6 is 0 Å². The zero-order valence-electron chi connectivity index (χ0n) is 18.3. The highest BCUT2D eigenvalue weighted by Gasteiger charge is 2.69. The van der Waals surface area contributed by atoms with Crippen LogP contribution in [0.1, 0.15) is 78.6 Å². The Balaban J connectivity index is 1.26. The number of rotatable bonds is 5. The molecule has 2 bridgehead atoms. The molecule has 6 nitrogen and oxygen atoms in total. The summed E-state index contributed by atoms with van der Waals surface area (Å²) in [6, 6.07) is 0. The molecule has 6 aliphatic rings. The van der Waals surface area contributed by atoms with Crippen molar-refractivity contribution in [3.8, 4) is 0 Å². The molecule has 3 unspecified atom stereocenters. The SMILES string of the molecule is C[C@H]1C(OCCOC2CCCCC2)O[C@@H]2O[C@@]3(C)CCC4[C@H](C)CCC1[C@]42OO3. The molecule has 0 aromatic rings. The van der Waals surface area contributed by atoms with Crippen molar-refractivity contribution in [2.24, 2.45) is 23.7 Å². The quantitative estimate of drug-likeness (QED) is 0.489. The average Bonchev–Trinajstić information content (AvgIpc) is 2.95. The second kappa shape index (κ2) is 8.03. The number of hydrogen-bond donors (Lipinski definition) is 0. The Morgan fingerprint density at radius 3 is 2.48 bits per heavy atom. The maximum atomic E-state index is 6.44. The highest BCUT2D eigenvalue weighted by Crippen LogP contribution is 2.60. The smallest absolute Gasteiger partial charge is 0.201 e. The normalized spacial score (nSPS) is 50.2. The minimum absolute atomic E-state index is 0.227. The summed E-state index contributed by atoms with van der Waals surface area (Å²) in [4.78, 5) is 12.0. The third-order valence-corrected chi connectivity index (χ3v) is 8.37. The summed E-state index contributed by atoms with van der Waals surface area (Å²) >= 11 is 0. The van der Waals surface area contributed by atoms with E-state index < -0.39 is 17.7 Å². The van der Waals surface area contributed by atoms with Crippen molar-refractivity contribution >= 4 is 0 Å². The lowest BCUT2D eigenvalue weighted by Crippen LogP contribution is -2.70. The second-order valence-electron chi connectivity index (χ2n) is 10.3. The van der Waals surface area contributed by atoms with Gasteiger partial charge in [-0.15, -0.1) is 0 Å². The van der Waals surface area contributed by atoms with E-state index in [2.05, 4.69) is 13.8 Å². The van der Waals surface area contributed by atoms with Crippen LogP contribution in [0.25, 0.3) is 0 Å². The summed E-state index contributed by atoms with van der Waals surface area (Å²) in [5.74, 6) is 0.791. The molecule has 6 rings (SSSR count). The van der Waals surface area contributed by atoms with Gasteiger partial charge in [-0.05, 0) is 50.9 Å². The van der Waals surface area contributed by atoms with E-state index in [9.17, 15) is 0 Å². The van der Waals surface area contributed by atoms with Crippen LogP contribution in [0.3, 0.4) is 0 Å². The first-order valence-corrected chi connectivity index (χ1v) is 12.0. The molecular weight excluding hydrogens is 372 g/mol. The molecule has 2 saturated carbocycles. The molecule has 0 aromatic heterocycles. The van der Waals surface area contributed by atoms with E-state index in [1.165, 1.54) is 38.5 Å². The maximum Gasteiger partial charge on any atom is 0.201 e. The van der Waals surface area contributed by atoms with E-state index in [1.807, 2.05) is 6.92 Å². The lowest BCUT2D eigenvalue weighted by molar-refractivity contribution is -0.577. The largest absolute Gasteiger partial charge is 0.376 e. The molecular formula is C23H38O6. The number of fused-ring (bicyclic) bond motifs is 2. The van der Waals surface area contributed by atoms with Gasteiger partial charge >= 0.3 is 0 Å². The van der Waals surface area contributed by atoms with Crippen molar-refractivity contribution in [1.29, 1.82) is 0 Å². The summed E-state index contributed by atoms with van der Waals surface area (Å²) in [6.07, 6.45) is 10.2. The first kappa shape index (κ1) is 20.7. The molecule has 4 aliphatic heterocycles. The van der Waals surface area contributed by atoms with Gasteiger partial charge in [0.2, 0.25) is 5.79 Å². The summed E-state index contributed by atoms with van der Waals surface area (Å²) in [7, 11) is 0. The minimum atomic E-state index is -0.729. The molecule has 166 valence electrons. The first-order valence-electron chi connectivity index (χ1n) is 12.0. The molecule has 1 spiro atoms. The van der Waals surface area contributed by atoms with Crippen LogP contribution in [-0.4, -0.2) is 43.3 Å². The fraction of sp³-hybridized carbons (Fsp3) is 1.00. The summed E-state index contributed by atoms with van der Waals surface area (Å²) in [6.45, 7) is 7.73. The van der Waals surface area contributed by atoms with Crippen molar-refractivity contribution in [2.75, 3.05) is 13.2 Å². The van der Waals surface area contributed by atoms with Crippen LogP contribution < -0.4 is 0 Å². The Morgan fingerprint density at radius 1 is 0.862 bits per heavy atom. The van der Waals surface area contributed by atoms with Gasteiger partial charge in [-0.2, -0.15) is 0 Å². The van der Waals surface area contributed by atoms with Crippen LogP contribution in [-0.2, 0) is 28.7 Å². The van der Waals surface area contributed by atoms with Gasteiger partial charge in [0.05, 0.1) is 19.3 Å². The van der Waals surface area contributed by atoms with Crippen LogP contribution in [0.4, 0.5) is 0 Å². The molecule has 6 fully saturated rings. The highest BCUT2D eigenvalue weighted by molar-refractivity contribution is 5.09. The molecule has 0 radical (unpaired) electrons. The molecule has 4 heterocycles. The average molecular weight is 411 g/mol. The van der Waals surface area contributed by atoms with E-state index in [1.54, 1.807) is 0 Å². The Hall–Kier alpha value is -0.240. The zero-order valence-corrected chi connectivity index (χ0v) is 18.3. The molecule has 8 atom stereocenters. The lowest BCUT2D eigenvalue weighted by Gasteiger charge is -2.60. The van der Waals surface area contributed by atoms with Crippen LogP contribution in [0, 0.1) is 23.7 Å². The Kier molecular flexibility index (Phi) is 5.72. The molecule has 6 heteroatoms. The lowest BCUT2D eigenvalue weighted by atomic mass is 9.58. The van der Waals surface area contributed by atoms with Gasteiger partial charge in [0, 0.05) is 18.3 Å². The van der Waals surface area contributed by atoms with E-state index in [0.717, 1.165) is 19.3 Å². The molecule has 2 aliphatic carbocycles. The van der Waals surface area contributed by atoms with Gasteiger partial charge in [0.1, 0.15) is 0 Å². The first-order chi connectivity index (χ1) is 14.0. The van der Waals surface area contributed by atoms with E-state index in [4.69, 9.17) is 28.7 Å². The standard InChI is InChI=1S/C23H38O6/c1-15-9-10-19-16(2)20(25-14-13-24-17-7-5-4-6-8-17)26-21-23(19)18(15)11-12-22(3,27-21)28-29-23/h15-21H,4-14H2,1-3H3/t15-,16-,18?,19?,20?,21-,22-,23-/m1/s1. The number of hydrogen-bond acceptors (Lipinski definition) is 6. The van der Waals surface area contributed by atoms with Gasteiger partial charge in [0.25, 0.3) is 0 Å². The number of ether oxygens (including phenoxy) is 4. The minimum Gasteiger partial charge on any atom is -0.376 e. The highest BCUT2D eigenvalue weighted by atomic mass is 17.3. The molecule has 4 saturated heterocycles. The zero-order chi connectivity index (χ0) is 20.1. The Labute approximate surface area is 174 Å². The van der Waals surface area contributed by atoms with Gasteiger partial charge in [0.15, 0.2) is 18.2 Å². The van der Waals surface area contributed by atoms with Crippen molar-refractivity contribution < 1.29 is 28.7 Å². The monoisotopic (exact) mass is 410 g/mol. The van der Waals surface area contributed by atoms with Crippen LogP contribution in [0.15, 0.2) is 0 Å². The molecule has 29 heavy (non-hydrogen) atoms. The maximum absolute atomic E-state index is 6.44. The summed E-state index contributed by atoms with van der Waals surface area (Å²) in [5, 5.41) is 0. The van der Waals surface area contributed by atoms with Gasteiger partial charge in [-0.25, -0.2) is 9.78 Å². The van der Waals surface area contributed by atoms with Crippen molar-refractivity contribution in [3.05, 3.63) is 0 Å². The topological polar surface area (TPSA) is 55.4 Å². The van der Waals surface area contributed by atoms with E-state index in [-0.39, 0.29) is 12.2 Å². The third-order valence-electron chi connectivity index (χ3n) is 8.37. The van der Waals surface area contributed by atoms with Gasteiger partial charge in [-0.3, -0.25) is 0 Å². The fourth-order valence-electron chi connectivity index (χ4n) is 6.67. The van der Waals surface area contributed by atoms with Gasteiger partial charge < -0.3 is 18.9 Å². The fourth-order valence-corrected chi connectivity index (χ4v) is 6.67. The van der Waals surface area contributed by atoms with Gasteiger partial charge in [-0.1, -0.05) is 33.1 Å².